The molecule has 3 rings (SSSR count). The Hall–Kier alpha value is -1.05. The van der Waals surface area contributed by atoms with Crippen molar-refractivity contribution in [2.24, 2.45) is 23.2 Å². The van der Waals surface area contributed by atoms with Gasteiger partial charge in [0, 0.05) is 50.7 Å². The van der Waals surface area contributed by atoms with Crippen LogP contribution in [0.3, 0.4) is 0 Å². The number of esters is 1. The summed E-state index contributed by atoms with van der Waals surface area (Å²) in [5.41, 5.74) is -4.93. The molecule has 3 heterocycles. The zero-order valence-corrected chi connectivity index (χ0v) is 44.8. The number of hydrogen-bond donors (Lipinski definition) is 5. The highest BCUT2D eigenvalue weighted by molar-refractivity contribution is 5.73. The molecule has 390 valence electrons. The third-order valence-corrected chi connectivity index (χ3v) is 16.1. The molecule has 0 amide bonds. The second-order valence-corrected chi connectivity index (χ2v) is 22.1. The summed E-state index contributed by atoms with van der Waals surface area (Å²) in [6.07, 6.45) is -2.99. The van der Waals surface area contributed by atoms with Crippen LogP contribution in [-0.2, 0) is 33.2 Å². The number of hydrogen-bond acceptors (Lipinski definition) is 15. The lowest BCUT2D eigenvalue weighted by molar-refractivity contribution is -0.334. The molecule has 0 bridgehead atoms. The third-order valence-electron chi connectivity index (χ3n) is 16.1. The average Bonchev–Trinajstić information content (AvgIpc) is 3.25. The van der Waals surface area contributed by atoms with Crippen LogP contribution in [0.25, 0.3) is 0 Å². The van der Waals surface area contributed by atoms with Gasteiger partial charge in [0.15, 0.2) is 12.6 Å². The van der Waals surface area contributed by atoms with Gasteiger partial charge < -0.3 is 68.9 Å². The minimum atomic E-state index is -1.75. The van der Waals surface area contributed by atoms with E-state index in [1.165, 1.54) is 0 Å². The van der Waals surface area contributed by atoms with Gasteiger partial charge in [0.05, 0.1) is 36.4 Å². The van der Waals surface area contributed by atoms with E-state index in [1.807, 2.05) is 60.5 Å². The molecule has 15 nitrogen and oxygen atoms in total. The predicted octanol–water partition coefficient (Wildman–Crippen LogP) is 5.43. The van der Waals surface area contributed by atoms with Crippen molar-refractivity contribution in [3.63, 3.8) is 0 Å². The van der Waals surface area contributed by atoms with E-state index in [9.17, 15) is 25.2 Å². The highest BCUT2D eigenvalue weighted by atomic mass is 16.7. The second-order valence-electron chi connectivity index (χ2n) is 22.1. The summed E-state index contributed by atoms with van der Waals surface area (Å²) >= 11 is 0. The fourth-order valence-electron chi connectivity index (χ4n) is 11.5. The van der Waals surface area contributed by atoms with E-state index in [1.54, 1.807) is 21.0 Å². The van der Waals surface area contributed by atoms with Crippen molar-refractivity contribution in [3.05, 3.63) is 0 Å². The van der Waals surface area contributed by atoms with Crippen LogP contribution in [0.15, 0.2) is 0 Å². The first-order valence-corrected chi connectivity index (χ1v) is 25.7. The van der Waals surface area contributed by atoms with Gasteiger partial charge in [0.2, 0.25) is 0 Å². The van der Waals surface area contributed by atoms with Crippen molar-refractivity contribution in [1.29, 1.82) is 0 Å². The van der Waals surface area contributed by atoms with Crippen LogP contribution in [0.2, 0.25) is 0 Å². The number of nitrogens with zero attached hydrogens (tertiary/aromatic N) is 3. The van der Waals surface area contributed by atoms with Crippen molar-refractivity contribution in [2.45, 2.75) is 239 Å². The van der Waals surface area contributed by atoms with E-state index in [-0.39, 0.29) is 49.5 Å². The Morgan fingerprint density at radius 2 is 1.58 bits per heavy atom. The number of rotatable bonds is 18. The van der Waals surface area contributed by atoms with Gasteiger partial charge in [0.1, 0.15) is 29.0 Å². The summed E-state index contributed by atoms with van der Waals surface area (Å²) in [4.78, 5) is 21.4. The minimum absolute atomic E-state index is 0.00610. The molecule has 0 spiro atoms. The monoisotopic (exact) mass is 945 g/mol. The number of carbonyl (C=O) groups is 1. The molecular formula is C51H100N4O11. The van der Waals surface area contributed by atoms with E-state index >= 15 is 0 Å². The first-order valence-electron chi connectivity index (χ1n) is 25.7. The van der Waals surface area contributed by atoms with E-state index in [4.69, 9.17) is 28.4 Å². The molecular weight excluding hydrogens is 845 g/mol. The largest absolute Gasteiger partial charge is 0.459 e. The van der Waals surface area contributed by atoms with Gasteiger partial charge >= 0.3 is 5.97 Å². The number of nitrogens with one attached hydrogen (secondary N) is 1. The molecule has 18 atom stereocenters. The zero-order valence-electron chi connectivity index (χ0n) is 44.8. The lowest BCUT2D eigenvalue weighted by atomic mass is 9.72. The summed E-state index contributed by atoms with van der Waals surface area (Å²) in [5, 5.41) is 51.8. The topological polar surface area (TPSA) is 175 Å². The summed E-state index contributed by atoms with van der Waals surface area (Å²) in [7, 11) is 5.49. The number of carbonyl (C=O) groups excluding carboxylic acids is 1. The Bertz CT molecular complexity index is 1440. The molecule has 0 aromatic carbocycles. The van der Waals surface area contributed by atoms with Crippen LogP contribution in [0.1, 0.15) is 149 Å². The van der Waals surface area contributed by atoms with Crippen molar-refractivity contribution in [2.75, 3.05) is 60.5 Å². The first-order chi connectivity index (χ1) is 30.7. The Labute approximate surface area is 401 Å². The lowest BCUT2D eigenvalue weighted by Gasteiger charge is -2.54. The second kappa shape index (κ2) is 25.4. The summed E-state index contributed by atoms with van der Waals surface area (Å²) < 4.78 is 39.8. The molecule has 0 aliphatic carbocycles. The Kier molecular flexibility index (Phi) is 22.8. The zero-order chi connectivity index (χ0) is 50.1. The van der Waals surface area contributed by atoms with Crippen molar-refractivity contribution in [1.82, 2.24) is 20.0 Å². The highest BCUT2D eigenvalue weighted by Gasteiger charge is 2.58. The van der Waals surface area contributed by atoms with Crippen molar-refractivity contribution in [3.8, 4) is 0 Å². The Morgan fingerprint density at radius 3 is 2.14 bits per heavy atom. The minimum Gasteiger partial charge on any atom is -0.459 e. The molecule has 0 aromatic heterocycles. The summed E-state index contributed by atoms with van der Waals surface area (Å²) in [5.74, 6) is -2.43. The van der Waals surface area contributed by atoms with Gasteiger partial charge in [-0.2, -0.15) is 0 Å². The Balaban J connectivity index is 2.14. The predicted molar refractivity (Wildman–Crippen MR) is 260 cm³/mol. The first kappa shape index (κ1) is 59.3. The molecule has 66 heavy (non-hydrogen) atoms. The Morgan fingerprint density at radius 1 is 0.939 bits per heavy atom. The summed E-state index contributed by atoms with van der Waals surface area (Å²) in [6.45, 7) is 34.5. The van der Waals surface area contributed by atoms with E-state index < -0.39 is 89.2 Å². The van der Waals surface area contributed by atoms with Crippen LogP contribution in [0.4, 0.5) is 0 Å². The lowest BCUT2D eigenvalue weighted by Crippen LogP contribution is -2.70. The van der Waals surface area contributed by atoms with Crippen LogP contribution >= 0.6 is 0 Å². The molecule has 3 aliphatic heterocycles. The average molecular weight is 945 g/mol. The highest BCUT2D eigenvalue weighted by Crippen LogP contribution is 2.45. The van der Waals surface area contributed by atoms with Crippen molar-refractivity contribution < 1.29 is 53.6 Å². The van der Waals surface area contributed by atoms with Crippen LogP contribution in [0, 0.1) is 23.2 Å². The van der Waals surface area contributed by atoms with Gasteiger partial charge in [-0.25, -0.2) is 0 Å². The number of aliphatic hydroxyl groups excluding tert-OH is 2. The molecule has 1 unspecified atom stereocenters. The molecule has 0 radical (unpaired) electrons. The van der Waals surface area contributed by atoms with Gasteiger partial charge in [0.25, 0.3) is 0 Å². The number of aliphatic hydroxyl groups is 4. The standard InChI is InChI=1S/C51H100N4O11/c1-19-25-55-30-32(5)44(57)50(15,59)40(20-2)64-46(58)37(10)43(36(9)45(48(12,13)28-34(55)7)66-47-42(56)39(53(16)17)27-35(8)62-47)65-41-29-49(14,61-18)51(60,38(11)63-41)31-52-33(6)24-23-26-54(21-3)22-4/h32-45,47,52,56-57,59-60H,19-31H2,1-18H3/t32-,33?,34+,35+,36-,37+,38-,39-,40+,41+,42+,43+,44+,45+,47-,49-,50+,51+/m0/s1. The van der Waals surface area contributed by atoms with Crippen LogP contribution in [0.5, 0.6) is 0 Å². The number of likely N-dealkylation sites (N-methyl/N-ethyl adjacent to an activating group) is 1. The van der Waals surface area contributed by atoms with Gasteiger partial charge in [-0.1, -0.05) is 55.4 Å². The molecule has 3 fully saturated rings. The van der Waals surface area contributed by atoms with E-state index in [2.05, 4.69) is 63.6 Å². The van der Waals surface area contributed by atoms with E-state index in [0.29, 0.717) is 19.4 Å². The molecule has 5 N–H and O–H groups in total. The molecule has 15 heteroatoms. The smallest absolute Gasteiger partial charge is 0.311 e. The maximum absolute atomic E-state index is 14.7. The molecule has 3 saturated heterocycles. The van der Waals surface area contributed by atoms with Gasteiger partial charge in [-0.15, -0.1) is 0 Å². The number of methoxy groups -OCH3 is 1. The fourth-order valence-corrected chi connectivity index (χ4v) is 11.5. The number of cyclic esters (lactones) is 1. The normalized spacial score (nSPS) is 41.9. The fraction of sp³-hybridized carbons (Fsp3) is 0.980. The van der Waals surface area contributed by atoms with Crippen molar-refractivity contribution >= 4 is 5.97 Å². The van der Waals surface area contributed by atoms with Gasteiger partial charge in [-0.3, -0.25) is 4.79 Å². The van der Waals surface area contributed by atoms with Gasteiger partial charge in [-0.05, 0) is 139 Å². The molecule has 0 saturated carbocycles. The van der Waals surface area contributed by atoms with Crippen LogP contribution in [-0.4, -0.2) is 192 Å². The molecule has 3 aliphatic rings. The quantitative estimate of drug-likeness (QED) is 0.110. The maximum Gasteiger partial charge on any atom is 0.311 e. The summed E-state index contributed by atoms with van der Waals surface area (Å²) in [6, 6.07) is -0.0597. The van der Waals surface area contributed by atoms with E-state index in [0.717, 1.165) is 45.4 Å². The van der Waals surface area contributed by atoms with Crippen LogP contribution < -0.4 is 5.32 Å². The number of ether oxygens (including phenoxy) is 6. The third kappa shape index (κ3) is 14.3. The molecule has 0 aromatic rings. The SMILES string of the molecule is CCCN1C[C@H](C)[C@@H](O)[C@](C)(O)[C@@H](CC)OC(=O)[C@H](C)[C@H](O[C@@H]2C[C@](C)(OC)[C@@](O)(CNC(C)CCCN(CC)CC)[C@H](C)O2)[C@H](C)[C@@H](O[C@@H]2O[C@H](C)C[C@H](N(C)C)[C@H]2O)C(C)(C)C[C@H]1C. The maximum atomic E-state index is 14.7.